The highest BCUT2D eigenvalue weighted by molar-refractivity contribution is 7.99. The summed E-state index contributed by atoms with van der Waals surface area (Å²) in [5.41, 5.74) is 1.02. The zero-order chi connectivity index (χ0) is 16.2. The van der Waals surface area contributed by atoms with Crippen LogP contribution in [0.1, 0.15) is 10.8 Å². The summed E-state index contributed by atoms with van der Waals surface area (Å²) < 4.78 is 2.03. The summed E-state index contributed by atoms with van der Waals surface area (Å²) in [5.74, 6) is 0. The van der Waals surface area contributed by atoms with E-state index in [0.29, 0.717) is 10.0 Å². The molecule has 0 aliphatic carbocycles. The van der Waals surface area contributed by atoms with E-state index in [1.54, 1.807) is 30.4 Å². The number of benzene rings is 2. The normalized spacial score (nSPS) is 12.3. The lowest BCUT2D eigenvalue weighted by Gasteiger charge is -2.19. The van der Waals surface area contributed by atoms with Crippen molar-refractivity contribution in [2.75, 3.05) is 0 Å². The maximum atomic E-state index is 6.41. The van der Waals surface area contributed by atoms with Gasteiger partial charge >= 0.3 is 0 Å². The molecule has 1 aromatic heterocycles. The average molecular weight is 384 g/mol. The molecule has 0 bridgehead atoms. The minimum Gasteiger partial charge on any atom is -0.336 e. The number of aromatic nitrogens is 2. The zero-order valence-corrected chi connectivity index (χ0v) is 15.1. The third-order valence-electron chi connectivity index (χ3n) is 3.35. The van der Waals surface area contributed by atoms with Crippen LogP contribution in [0.3, 0.4) is 0 Å². The highest BCUT2D eigenvalue weighted by Gasteiger charge is 2.18. The monoisotopic (exact) mass is 382 g/mol. The van der Waals surface area contributed by atoms with E-state index >= 15 is 0 Å². The van der Waals surface area contributed by atoms with Crippen LogP contribution in [0.4, 0.5) is 0 Å². The molecule has 3 rings (SSSR count). The molecule has 6 heteroatoms. The molecule has 0 radical (unpaired) electrons. The SMILES string of the molecule is Clc1ccc(C(Cn2ccnc2)Sc2ccccc2Cl)c(Cl)c1. The minimum absolute atomic E-state index is 0.0915. The van der Waals surface area contributed by atoms with Crippen molar-refractivity contribution in [3.05, 3.63) is 81.8 Å². The smallest absolute Gasteiger partial charge is 0.0946 e. The average Bonchev–Trinajstić information content (AvgIpc) is 3.02. The predicted octanol–water partition coefficient (Wildman–Crippen LogP) is 6.38. The minimum atomic E-state index is 0.0915. The van der Waals surface area contributed by atoms with Crippen LogP contribution in [0.5, 0.6) is 0 Å². The van der Waals surface area contributed by atoms with Gasteiger partial charge in [0.05, 0.1) is 16.6 Å². The Hall–Kier alpha value is -1.13. The number of rotatable bonds is 5. The van der Waals surface area contributed by atoms with Gasteiger partial charge in [-0.1, -0.05) is 53.0 Å². The van der Waals surface area contributed by atoms with Gasteiger partial charge < -0.3 is 4.57 Å². The Morgan fingerprint density at radius 2 is 1.87 bits per heavy atom. The Morgan fingerprint density at radius 3 is 2.57 bits per heavy atom. The lowest BCUT2D eigenvalue weighted by Crippen LogP contribution is -2.05. The maximum Gasteiger partial charge on any atom is 0.0946 e. The van der Waals surface area contributed by atoms with Gasteiger partial charge in [0.25, 0.3) is 0 Å². The largest absolute Gasteiger partial charge is 0.336 e. The third kappa shape index (κ3) is 4.24. The topological polar surface area (TPSA) is 17.8 Å². The summed E-state index contributed by atoms with van der Waals surface area (Å²) in [7, 11) is 0. The van der Waals surface area contributed by atoms with Crippen LogP contribution in [0.15, 0.2) is 66.1 Å². The van der Waals surface area contributed by atoms with Crippen molar-refractivity contribution in [1.82, 2.24) is 9.55 Å². The second-order valence-electron chi connectivity index (χ2n) is 4.96. The van der Waals surface area contributed by atoms with Crippen molar-refractivity contribution in [2.45, 2.75) is 16.7 Å². The second-order valence-corrected chi connectivity index (χ2v) is 7.46. The van der Waals surface area contributed by atoms with Crippen LogP contribution in [0.25, 0.3) is 0 Å². The van der Waals surface area contributed by atoms with Gasteiger partial charge in [-0.25, -0.2) is 4.98 Å². The summed E-state index contributed by atoms with van der Waals surface area (Å²) in [6.07, 6.45) is 5.49. The second kappa shape index (κ2) is 7.63. The van der Waals surface area contributed by atoms with Crippen LogP contribution in [-0.4, -0.2) is 9.55 Å². The van der Waals surface area contributed by atoms with E-state index in [4.69, 9.17) is 34.8 Å². The Bertz CT molecular complexity index is 790. The highest BCUT2D eigenvalue weighted by Crippen LogP contribution is 2.42. The van der Waals surface area contributed by atoms with Gasteiger partial charge in [-0.05, 0) is 29.8 Å². The van der Waals surface area contributed by atoms with Crippen molar-refractivity contribution >= 4 is 46.6 Å². The van der Waals surface area contributed by atoms with E-state index in [2.05, 4.69) is 4.98 Å². The molecule has 2 nitrogen and oxygen atoms in total. The fourth-order valence-corrected chi connectivity index (χ4v) is 4.34. The van der Waals surface area contributed by atoms with Crippen molar-refractivity contribution in [1.29, 1.82) is 0 Å². The van der Waals surface area contributed by atoms with Gasteiger partial charge in [0.15, 0.2) is 0 Å². The van der Waals surface area contributed by atoms with Crippen LogP contribution >= 0.6 is 46.6 Å². The van der Waals surface area contributed by atoms with Crippen molar-refractivity contribution in [3.8, 4) is 0 Å². The molecule has 118 valence electrons. The number of imidazole rings is 1. The van der Waals surface area contributed by atoms with Gasteiger partial charge in [0.1, 0.15) is 0 Å². The highest BCUT2D eigenvalue weighted by atomic mass is 35.5. The quantitative estimate of drug-likeness (QED) is 0.476. The summed E-state index contributed by atoms with van der Waals surface area (Å²) in [4.78, 5) is 5.12. The lowest BCUT2D eigenvalue weighted by molar-refractivity contribution is 0.683. The fraction of sp³-hybridized carbons (Fsp3) is 0.118. The van der Waals surface area contributed by atoms with E-state index in [-0.39, 0.29) is 5.25 Å². The molecular weight excluding hydrogens is 371 g/mol. The van der Waals surface area contributed by atoms with Crippen LogP contribution in [0, 0.1) is 0 Å². The van der Waals surface area contributed by atoms with Crippen LogP contribution in [-0.2, 0) is 6.54 Å². The summed E-state index contributed by atoms with van der Waals surface area (Å²) in [6.45, 7) is 0.733. The number of hydrogen-bond donors (Lipinski definition) is 0. The van der Waals surface area contributed by atoms with Crippen molar-refractivity contribution < 1.29 is 0 Å². The summed E-state index contributed by atoms with van der Waals surface area (Å²) in [6, 6.07) is 13.4. The van der Waals surface area contributed by atoms with Crippen molar-refractivity contribution in [2.24, 2.45) is 0 Å². The number of nitrogens with zero attached hydrogens (tertiary/aromatic N) is 2. The molecule has 1 heterocycles. The van der Waals surface area contributed by atoms with Gasteiger partial charge in [0.2, 0.25) is 0 Å². The Balaban J connectivity index is 1.94. The van der Waals surface area contributed by atoms with Crippen LogP contribution in [0.2, 0.25) is 15.1 Å². The Labute approximate surface area is 154 Å². The molecule has 2 aromatic carbocycles. The Kier molecular flexibility index (Phi) is 5.54. The number of thioether (sulfide) groups is 1. The van der Waals surface area contributed by atoms with E-state index in [1.165, 1.54) is 0 Å². The maximum absolute atomic E-state index is 6.41. The number of halogens is 3. The molecule has 0 saturated carbocycles. The molecule has 0 amide bonds. The molecule has 0 N–H and O–H groups in total. The lowest BCUT2D eigenvalue weighted by atomic mass is 10.1. The van der Waals surface area contributed by atoms with E-state index in [0.717, 1.165) is 22.0 Å². The third-order valence-corrected chi connectivity index (χ3v) is 5.65. The summed E-state index contributed by atoms with van der Waals surface area (Å²) in [5, 5.41) is 2.11. The van der Waals surface area contributed by atoms with Gasteiger partial charge in [-0.3, -0.25) is 0 Å². The molecular formula is C17H13Cl3N2S. The van der Waals surface area contributed by atoms with Gasteiger partial charge in [-0.2, -0.15) is 0 Å². The molecule has 0 fully saturated rings. The first-order valence-electron chi connectivity index (χ1n) is 6.95. The molecule has 3 aromatic rings. The molecule has 23 heavy (non-hydrogen) atoms. The fourth-order valence-electron chi connectivity index (χ4n) is 2.24. The Morgan fingerprint density at radius 1 is 1.04 bits per heavy atom. The van der Waals surface area contributed by atoms with E-state index in [9.17, 15) is 0 Å². The number of hydrogen-bond acceptors (Lipinski definition) is 2. The first-order chi connectivity index (χ1) is 11.1. The molecule has 1 atom stereocenters. The molecule has 0 aliphatic rings. The molecule has 0 spiro atoms. The van der Waals surface area contributed by atoms with E-state index in [1.807, 2.05) is 47.2 Å². The van der Waals surface area contributed by atoms with Gasteiger partial charge in [-0.15, -0.1) is 11.8 Å². The zero-order valence-electron chi connectivity index (χ0n) is 12.0. The van der Waals surface area contributed by atoms with E-state index < -0.39 is 0 Å². The van der Waals surface area contributed by atoms with Crippen molar-refractivity contribution in [3.63, 3.8) is 0 Å². The molecule has 0 aliphatic heterocycles. The molecule has 0 saturated heterocycles. The predicted molar refractivity (Wildman–Crippen MR) is 98.7 cm³/mol. The van der Waals surface area contributed by atoms with Crippen LogP contribution < -0.4 is 0 Å². The first-order valence-corrected chi connectivity index (χ1v) is 8.96. The molecule has 1 unspecified atom stereocenters. The summed E-state index contributed by atoms with van der Waals surface area (Å²) >= 11 is 20.4. The standard InChI is InChI=1S/C17H13Cl3N2S/c18-12-5-6-13(15(20)9-12)17(10-22-8-7-21-11-22)23-16-4-2-1-3-14(16)19/h1-9,11,17H,10H2. The first kappa shape index (κ1) is 16.7. The van der Waals surface area contributed by atoms with Gasteiger partial charge in [0, 0.05) is 33.9 Å².